The van der Waals surface area contributed by atoms with Crippen LogP contribution in [0.15, 0.2) is 53.3 Å². The highest BCUT2D eigenvalue weighted by Crippen LogP contribution is 2.28. The second-order valence-corrected chi connectivity index (χ2v) is 8.02. The molecule has 0 bridgehead atoms. The number of hydrogen-bond donors (Lipinski definition) is 1. The maximum atomic E-state index is 13.0. The third-order valence-corrected chi connectivity index (χ3v) is 5.82. The SMILES string of the molecule is COc1cccc(NC(=O)Cn2c(=O)cc(C)c3c(C)nn(-c4cccc(Cl)c4C)c32)c1. The zero-order chi connectivity index (χ0) is 23.0. The van der Waals surface area contributed by atoms with Crippen LogP contribution in [0.5, 0.6) is 5.75 Å². The minimum absolute atomic E-state index is 0.169. The van der Waals surface area contributed by atoms with Gasteiger partial charge in [0.05, 0.1) is 18.5 Å². The summed E-state index contributed by atoms with van der Waals surface area (Å²) in [7, 11) is 1.56. The van der Waals surface area contributed by atoms with Gasteiger partial charge in [0.15, 0.2) is 0 Å². The molecule has 0 saturated heterocycles. The van der Waals surface area contributed by atoms with Crippen molar-refractivity contribution in [1.82, 2.24) is 14.3 Å². The van der Waals surface area contributed by atoms with Crippen LogP contribution in [0.4, 0.5) is 5.69 Å². The number of carbonyl (C=O) groups excluding carboxylic acids is 1. The molecule has 0 aliphatic heterocycles. The molecule has 2 heterocycles. The van der Waals surface area contributed by atoms with Gasteiger partial charge < -0.3 is 10.1 Å². The van der Waals surface area contributed by atoms with Gasteiger partial charge in [-0.15, -0.1) is 0 Å². The van der Waals surface area contributed by atoms with Crippen LogP contribution in [0.1, 0.15) is 16.8 Å². The van der Waals surface area contributed by atoms with Crippen LogP contribution < -0.4 is 15.6 Å². The van der Waals surface area contributed by atoms with E-state index in [0.717, 1.165) is 27.9 Å². The molecule has 0 fully saturated rings. The second kappa shape index (κ2) is 8.51. The lowest BCUT2D eigenvalue weighted by molar-refractivity contribution is -0.116. The first-order valence-corrected chi connectivity index (χ1v) is 10.5. The molecule has 4 rings (SSSR count). The fourth-order valence-corrected chi connectivity index (χ4v) is 4.03. The molecule has 0 aliphatic carbocycles. The Morgan fingerprint density at radius 3 is 2.62 bits per heavy atom. The number of carbonyl (C=O) groups is 1. The molecule has 0 saturated carbocycles. The Labute approximate surface area is 190 Å². The van der Waals surface area contributed by atoms with E-state index in [2.05, 4.69) is 10.4 Å². The summed E-state index contributed by atoms with van der Waals surface area (Å²) in [6, 6.07) is 14.1. The summed E-state index contributed by atoms with van der Waals surface area (Å²) in [6.45, 7) is 5.48. The van der Waals surface area contributed by atoms with Crippen LogP contribution >= 0.6 is 11.6 Å². The van der Waals surface area contributed by atoms with Crippen molar-refractivity contribution in [2.24, 2.45) is 0 Å². The van der Waals surface area contributed by atoms with Crippen LogP contribution in [0.25, 0.3) is 16.7 Å². The summed E-state index contributed by atoms with van der Waals surface area (Å²) >= 11 is 6.34. The van der Waals surface area contributed by atoms with Crippen molar-refractivity contribution in [1.29, 1.82) is 0 Å². The smallest absolute Gasteiger partial charge is 0.252 e. The van der Waals surface area contributed by atoms with Crippen molar-refractivity contribution in [2.75, 3.05) is 12.4 Å². The number of aromatic nitrogens is 3. The quantitative estimate of drug-likeness (QED) is 0.488. The van der Waals surface area contributed by atoms with Crippen LogP contribution in [0.3, 0.4) is 0 Å². The van der Waals surface area contributed by atoms with Gasteiger partial charge in [0, 0.05) is 28.2 Å². The zero-order valence-corrected chi connectivity index (χ0v) is 19.0. The molecule has 32 heavy (non-hydrogen) atoms. The summed E-state index contributed by atoms with van der Waals surface area (Å²) in [5.74, 6) is 0.293. The van der Waals surface area contributed by atoms with Crippen molar-refractivity contribution in [3.05, 3.63) is 80.7 Å². The number of pyridine rings is 1. The van der Waals surface area contributed by atoms with E-state index in [-0.39, 0.29) is 18.0 Å². The Balaban J connectivity index is 1.83. The van der Waals surface area contributed by atoms with Gasteiger partial charge in [0.25, 0.3) is 5.56 Å². The van der Waals surface area contributed by atoms with E-state index in [0.29, 0.717) is 22.1 Å². The van der Waals surface area contributed by atoms with Gasteiger partial charge in [-0.1, -0.05) is 23.7 Å². The maximum Gasteiger partial charge on any atom is 0.252 e. The molecule has 0 spiro atoms. The number of aryl methyl sites for hydroxylation is 2. The lowest BCUT2D eigenvalue weighted by Gasteiger charge is -2.14. The Bertz CT molecular complexity index is 1400. The predicted molar refractivity (Wildman–Crippen MR) is 126 cm³/mol. The fraction of sp³-hybridized carbons (Fsp3) is 0.208. The monoisotopic (exact) mass is 450 g/mol. The molecule has 0 unspecified atom stereocenters. The van der Waals surface area contributed by atoms with Crippen molar-refractivity contribution >= 4 is 34.2 Å². The molecule has 8 heteroatoms. The van der Waals surface area contributed by atoms with Crippen molar-refractivity contribution < 1.29 is 9.53 Å². The summed E-state index contributed by atoms with van der Waals surface area (Å²) in [5, 5.41) is 8.95. The summed E-state index contributed by atoms with van der Waals surface area (Å²) < 4.78 is 8.34. The van der Waals surface area contributed by atoms with Crippen molar-refractivity contribution in [2.45, 2.75) is 27.3 Å². The average molecular weight is 451 g/mol. The standard InChI is InChI=1S/C24H23ClN4O3/c1-14-11-22(31)28(13-21(30)26-17-7-5-8-18(12-17)32-4)24-23(14)16(3)27-29(24)20-10-6-9-19(25)15(20)2/h5-12H,13H2,1-4H3,(H,26,30). The lowest BCUT2D eigenvalue weighted by atomic mass is 10.1. The van der Waals surface area contributed by atoms with E-state index < -0.39 is 0 Å². The molecule has 0 radical (unpaired) electrons. The van der Waals surface area contributed by atoms with Crippen LogP contribution in [-0.4, -0.2) is 27.4 Å². The van der Waals surface area contributed by atoms with Crippen LogP contribution in [0.2, 0.25) is 5.02 Å². The first-order valence-electron chi connectivity index (χ1n) is 10.1. The summed E-state index contributed by atoms with van der Waals surface area (Å²) in [6.07, 6.45) is 0. The molecule has 1 amide bonds. The van der Waals surface area contributed by atoms with Gasteiger partial charge in [0.1, 0.15) is 17.9 Å². The Morgan fingerprint density at radius 2 is 1.88 bits per heavy atom. The van der Waals surface area contributed by atoms with E-state index in [1.165, 1.54) is 10.6 Å². The van der Waals surface area contributed by atoms with Gasteiger partial charge in [0.2, 0.25) is 5.91 Å². The molecule has 1 N–H and O–H groups in total. The molecule has 2 aromatic heterocycles. The fourth-order valence-electron chi connectivity index (χ4n) is 3.86. The molecule has 0 aliphatic rings. The first kappa shape index (κ1) is 21.6. The number of ether oxygens (including phenoxy) is 1. The number of amides is 1. The topological polar surface area (TPSA) is 78.2 Å². The Kier molecular flexibility index (Phi) is 5.76. The Morgan fingerprint density at radius 1 is 1.12 bits per heavy atom. The molecule has 164 valence electrons. The second-order valence-electron chi connectivity index (χ2n) is 7.61. The summed E-state index contributed by atoms with van der Waals surface area (Å²) in [4.78, 5) is 25.9. The molecular formula is C24H23ClN4O3. The Hall–Kier alpha value is -3.58. The molecule has 7 nitrogen and oxygen atoms in total. The van der Waals surface area contributed by atoms with Gasteiger partial charge in [-0.3, -0.25) is 14.2 Å². The molecule has 2 aromatic carbocycles. The number of anilines is 1. The largest absolute Gasteiger partial charge is 0.497 e. The van der Waals surface area contributed by atoms with Gasteiger partial charge in [-0.05, 0) is 56.2 Å². The molecule has 0 atom stereocenters. The zero-order valence-electron chi connectivity index (χ0n) is 18.3. The first-order chi connectivity index (χ1) is 15.3. The lowest BCUT2D eigenvalue weighted by Crippen LogP contribution is -2.29. The number of nitrogens with zero attached hydrogens (tertiary/aromatic N) is 3. The van der Waals surface area contributed by atoms with Gasteiger partial charge in [-0.2, -0.15) is 5.10 Å². The number of nitrogens with one attached hydrogen (secondary N) is 1. The highest BCUT2D eigenvalue weighted by atomic mass is 35.5. The van der Waals surface area contributed by atoms with Crippen LogP contribution in [0, 0.1) is 20.8 Å². The predicted octanol–water partition coefficient (Wildman–Crippen LogP) is 4.41. The highest BCUT2D eigenvalue weighted by Gasteiger charge is 2.20. The number of hydrogen-bond acceptors (Lipinski definition) is 4. The number of methoxy groups -OCH3 is 1. The average Bonchev–Trinajstić information content (AvgIpc) is 3.10. The number of fused-ring (bicyclic) bond motifs is 1. The van der Waals surface area contributed by atoms with E-state index in [1.807, 2.05) is 32.9 Å². The minimum atomic E-state index is -0.335. The minimum Gasteiger partial charge on any atom is -0.497 e. The molecule has 4 aromatic rings. The normalized spacial score (nSPS) is 11.0. The number of benzene rings is 2. The third kappa shape index (κ3) is 3.87. The van der Waals surface area contributed by atoms with Crippen molar-refractivity contribution in [3.63, 3.8) is 0 Å². The summed E-state index contributed by atoms with van der Waals surface area (Å²) in [5.41, 5.74) is 4.01. The highest BCUT2D eigenvalue weighted by molar-refractivity contribution is 6.31. The number of rotatable bonds is 5. The van der Waals surface area contributed by atoms with Crippen LogP contribution in [-0.2, 0) is 11.3 Å². The van der Waals surface area contributed by atoms with Gasteiger partial charge >= 0.3 is 0 Å². The van der Waals surface area contributed by atoms with Gasteiger partial charge in [-0.25, -0.2) is 4.68 Å². The van der Waals surface area contributed by atoms with E-state index >= 15 is 0 Å². The van der Waals surface area contributed by atoms with E-state index in [9.17, 15) is 9.59 Å². The van der Waals surface area contributed by atoms with Crippen molar-refractivity contribution in [3.8, 4) is 11.4 Å². The maximum absolute atomic E-state index is 13.0. The van der Waals surface area contributed by atoms with E-state index in [4.69, 9.17) is 16.3 Å². The number of halogens is 1. The third-order valence-electron chi connectivity index (χ3n) is 5.41. The van der Waals surface area contributed by atoms with E-state index in [1.54, 1.807) is 42.1 Å². The molecular weight excluding hydrogens is 428 g/mol.